The van der Waals surface area contributed by atoms with Crippen LogP contribution >= 0.6 is 0 Å². The largest absolute Gasteiger partial charge is 0.390 e. The summed E-state index contributed by atoms with van der Waals surface area (Å²) in [5, 5.41) is 5.86. The van der Waals surface area contributed by atoms with E-state index in [2.05, 4.69) is 12.7 Å². The lowest BCUT2D eigenvalue weighted by Crippen LogP contribution is -1.86. The number of hydrogen-bond donors (Lipinski definition) is 2. The number of nitrogens with one attached hydrogen (secondary N) is 1. The Morgan fingerprint density at radius 3 is 2.10 bits per heavy atom. The monoisotopic (exact) mass is 142 g/mol. The standard InChI is InChI=1S/C7H14.CH4N2/c1-2-7-5-3-4-6-7;2-1-3/h7H,2-6H2,1H3;1H,(H3,2,3). The molecule has 1 rings (SSSR count). The minimum atomic E-state index is 0.750. The fourth-order valence-electron chi connectivity index (χ4n) is 1.42. The Bertz CT molecular complexity index is 75.3. The number of hydrogen-bond acceptors (Lipinski definition) is 1. The lowest BCUT2D eigenvalue weighted by Gasteiger charge is -1.99. The minimum absolute atomic E-state index is 0.750. The molecule has 0 bridgehead atoms. The second-order valence-electron chi connectivity index (χ2n) is 2.73. The van der Waals surface area contributed by atoms with E-state index >= 15 is 0 Å². The van der Waals surface area contributed by atoms with Gasteiger partial charge in [-0.1, -0.05) is 39.0 Å². The average Bonchev–Trinajstić information content (AvgIpc) is 2.39. The fourth-order valence-corrected chi connectivity index (χ4v) is 1.42. The molecule has 0 radical (unpaired) electrons. The van der Waals surface area contributed by atoms with Crippen molar-refractivity contribution in [3.63, 3.8) is 0 Å². The normalized spacial score (nSPS) is 17.7. The van der Waals surface area contributed by atoms with E-state index in [4.69, 9.17) is 5.41 Å². The van der Waals surface area contributed by atoms with Gasteiger partial charge in [0.15, 0.2) is 0 Å². The first-order valence-corrected chi connectivity index (χ1v) is 4.05. The summed E-state index contributed by atoms with van der Waals surface area (Å²) in [4.78, 5) is 0. The first-order valence-electron chi connectivity index (χ1n) is 4.05. The summed E-state index contributed by atoms with van der Waals surface area (Å²) in [7, 11) is 0. The molecule has 0 unspecified atom stereocenters. The predicted octanol–water partition coefficient (Wildman–Crippen LogP) is 2.14. The Morgan fingerprint density at radius 1 is 1.50 bits per heavy atom. The molecule has 0 spiro atoms. The highest BCUT2D eigenvalue weighted by Crippen LogP contribution is 2.26. The molecule has 0 saturated heterocycles. The van der Waals surface area contributed by atoms with Gasteiger partial charge >= 0.3 is 0 Å². The molecular formula is C8H18N2. The van der Waals surface area contributed by atoms with Crippen molar-refractivity contribution in [2.45, 2.75) is 39.0 Å². The summed E-state index contributed by atoms with van der Waals surface area (Å²) >= 11 is 0. The van der Waals surface area contributed by atoms with Crippen LogP contribution < -0.4 is 5.73 Å². The van der Waals surface area contributed by atoms with Crippen LogP contribution in [0, 0.1) is 11.3 Å². The van der Waals surface area contributed by atoms with Crippen LogP contribution in [-0.4, -0.2) is 6.34 Å². The van der Waals surface area contributed by atoms with E-state index in [-0.39, 0.29) is 0 Å². The highest BCUT2D eigenvalue weighted by Gasteiger charge is 2.11. The third-order valence-corrected chi connectivity index (χ3v) is 2.05. The molecule has 0 heterocycles. The maximum atomic E-state index is 5.86. The average molecular weight is 142 g/mol. The quantitative estimate of drug-likeness (QED) is 0.427. The van der Waals surface area contributed by atoms with Crippen LogP contribution in [0.2, 0.25) is 0 Å². The van der Waals surface area contributed by atoms with Gasteiger partial charge in [-0.05, 0) is 5.92 Å². The summed E-state index contributed by atoms with van der Waals surface area (Å²) in [6.45, 7) is 2.30. The van der Waals surface area contributed by atoms with Crippen molar-refractivity contribution in [2.24, 2.45) is 11.7 Å². The van der Waals surface area contributed by atoms with Crippen LogP contribution in [0.1, 0.15) is 39.0 Å². The van der Waals surface area contributed by atoms with Gasteiger partial charge in [0.25, 0.3) is 0 Å². The van der Waals surface area contributed by atoms with Crippen molar-refractivity contribution in [1.82, 2.24) is 0 Å². The van der Waals surface area contributed by atoms with Crippen LogP contribution in [0.15, 0.2) is 0 Å². The number of nitrogens with two attached hydrogens (primary N) is 1. The van der Waals surface area contributed by atoms with Crippen molar-refractivity contribution in [1.29, 1.82) is 5.41 Å². The van der Waals surface area contributed by atoms with Crippen molar-refractivity contribution in [3.8, 4) is 0 Å². The SMILES string of the molecule is CCC1CCCC1.N=CN. The van der Waals surface area contributed by atoms with Crippen molar-refractivity contribution in [3.05, 3.63) is 0 Å². The zero-order chi connectivity index (χ0) is 7.82. The topological polar surface area (TPSA) is 49.9 Å². The molecule has 0 atom stereocenters. The molecule has 0 aromatic rings. The molecule has 1 aliphatic carbocycles. The van der Waals surface area contributed by atoms with Crippen molar-refractivity contribution < 1.29 is 0 Å². The van der Waals surface area contributed by atoms with Crippen LogP contribution in [-0.2, 0) is 0 Å². The van der Waals surface area contributed by atoms with E-state index in [1.807, 2.05) is 0 Å². The molecule has 1 fully saturated rings. The van der Waals surface area contributed by atoms with E-state index in [0.29, 0.717) is 0 Å². The molecule has 0 amide bonds. The van der Waals surface area contributed by atoms with E-state index in [1.54, 1.807) is 0 Å². The molecular weight excluding hydrogens is 124 g/mol. The van der Waals surface area contributed by atoms with Gasteiger partial charge in [0.2, 0.25) is 0 Å². The van der Waals surface area contributed by atoms with Crippen molar-refractivity contribution in [2.75, 3.05) is 0 Å². The maximum Gasteiger partial charge on any atom is 0.0765 e. The van der Waals surface area contributed by atoms with Gasteiger partial charge in [-0.25, -0.2) is 0 Å². The van der Waals surface area contributed by atoms with Gasteiger partial charge in [0, 0.05) is 0 Å². The summed E-state index contributed by atoms with van der Waals surface area (Å²) in [6.07, 6.45) is 8.18. The van der Waals surface area contributed by atoms with Crippen LogP contribution in [0.4, 0.5) is 0 Å². The second kappa shape index (κ2) is 6.59. The molecule has 0 aromatic carbocycles. The van der Waals surface area contributed by atoms with E-state index < -0.39 is 0 Å². The summed E-state index contributed by atoms with van der Waals surface area (Å²) in [6, 6.07) is 0. The third-order valence-electron chi connectivity index (χ3n) is 2.05. The van der Waals surface area contributed by atoms with Gasteiger partial charge in [0.1, 0.15) is 0 Å². The molecule has 0 aliphatic heterocycles. The first-order chi connectivity index (χ1) is 4.85. The van der Waals surface area contributed by atoms with Crippen molar-refractivity contribution >= 4 is 6.34 Å². The highest BCUT2D eigenvalue weighted by atomic mass is 14.6. The third kappa shape index (κ3) is 4.36. The maximum absolute atomic E-state index is 5.86. The molecule has 10 heavy (non-hydrogen) atoms. The minimum Gasteiger partial charge on any atom is -0.390 e. The Hall–Kier alpha value is -0.530. The Kier molecular flexibility index (Phi) is 6.24. The van der Waals surface area contributed by atoms with Gasteiger partial charge in [-0.3, -0.25) is 5.41 Å². The van der Waals surface area contributed by atoms with Crippen LogP contribution in [0.25, 0.3) is 0 Å². The van der Waals surface area contributed by atoms with Crippen LogP contribution in [0.3, 0.4) is 0 Å². The van der Waals surface area contributed by atoms with Gasteiger partial charge in [-0.15, -0.1) is 0 Å². The molecule has 2 heteroatoms. The zero-order valence-electron chi connectivity index (χ0n) is 6.77. The molecule has 3 N–H and O–H groups in total. The summed E-state index contributed by atoms with van der Waals surface area (Å²) < 4.78 is 0. The van der Waals surface area contributed by atoms with Gasteiger partial charge in [0.05, 0.1) is 6.34 Å². The number of rotatable bonds is 1. The second-order valence-corrected chi connectivity index (χ2v) is 2.73. The summed E-state index contributed by atoms with van der Waals surface area (Å²) in [5.41, 5.74) is 4.39. The lowest BCUT2D eigenvalue weighted by molar-refractivity contribution is 0.531. The Morgan fingerprint density at radius 2 is 1.90 bits per heavy atom. The first kappa shape index (κ1) is 9.47. The summed E-state index contributed by atoms with van der Waals surface area (Å²) in [5.74, 6) is 1.10. The zero-order valence-corrected chi connectivity index (χ0v) is 6.77. The molecule has 1 aliphatic rings. The molecule has 0 aromatic heterocycles. The predicted molar refractivity (Wildman–Crippen MR) is 45.2 cm³/mol. The van der Waals surface area contributed by atoms with E-state index in [0.717, 1.165) is 12.3 Å². The van der Waals surface area contributed by atoms with E-state index in [1.165, 1.54) is 32.1 Å². The Labute approximate surface area is 63.3 Å². The molecule has 1 saturated carbocycles. The van der Waals surface area contributed by atoms with Gasteiger partial charge in [-0.2, -0.15) is 0 Å². The lowest BCUT2D eigenvalue weighted by atomic mass is 10.1. The molecule has 2 nitrogen and oxygen atoms in total. The molecule has 60 valence electrons. The van der Waals surface area contributed by atoms with E-state index in [9.17, 15) is 0 Å². The Balaban J connectivity index is 0.000000236. The highest BCUT2D eigenvalue weighted by molar-refractivity contribution is 5.46. The van der Waals surface area contributed by atoms with Gasteiger partial charge < -0.3 is 5.73 Å². The smallest absolute Gasteiger partial charge is 0.0765 e. The fraction of sp³-hybridized carbons (Fsp3) is 0.875. The van der Waals surface area contributed by atoms with Crippen LogP contribution in [0.5, 0.6) is 0 Å².